The van der Waals surface area contributed by atoms with Gasteiger partial charge in [-0.25, -0.2) is 0 Å². The van der Waals surface area contributed by atoms with Crippen LogP contribution in [0.15, 0.2) is 40.2 Å². The van der Waals surface area contributed by atoms with E-state index < -0.39 is 10.8 Å². The Morgan fingerprint density at radius 1 is 1.35 bits per heavy atom. The topological polar surface area (TPSA) is 53.5 Å². The van der Waals surface area contributed by atoms with E-state index in [-0.39, 0.29) is 24.0 Å². The molecule has 2 N–H and O–H groups in total. The summed E-state index contributed by atoms with van der Waals surface area (Å²) in [5.74, 6) is 1.62. The maximum absolute atomic E-state index is 12.1. The van der Waals surface area contributed by atoms with Crippen LogP contribution in [0.1, 0.15) is 39.5 Å². The van der Waals surface area contributed by atoms with Crippen LogP contribution in [0.2, 0.25) is 0 Å². The van der Waals surface area contributed by atoms with E-state index in [1.54, 1.807) is 0 Å². The van der Waals surface area contributed by atoms with Gasteiger partial charge in [-0.15, -0.1) is 35.7 Å². The molecule has 0 heterocycles. The summed E-state index contributed by atoms with van der Waals surface area (Å²) in [4.78, 5) is 5.65. The molecule has 0 bridgehead atoms. The number of nitrogens with one attached hydrogen (secondary N) is 2. The molecule has 0 amide bonds. The monoisotopic (exact) mass is 509 g/mol. The van der Waals surface area contributed by atoms with Crippen LogP contribution >= 0.6 is 35.7 Å². The lowest BCUT2D eigenvalue weighted by Crippen LogP contribution is -2.47. The molecule has 148 valence electrons. The lowest BCUT2D eigenvalue weighted by molar-refractivity contribution is 0.413. The third kappa shape index (κ3) is 8.17. The molecule has 1 aromatic rings. The van der Waals surface area contributed by atoms with E-state index in [9.17, 15) is 4.21 Å². The zero-order valence-corrected chi connectivity index (χ0v) is 19.9. The van der Waals surface area contributed by atoms with Gasteiger partial charge in [0.15, 0.2) is 5.96 Å². The zero-order chi connectivity index (χ0) is 18.1. The van der Waals surface area contributed by atoms with Gasteiger partial charge in [-0.1, -0.05) is 38.5 Å². The highest BCUT2D eigenvalue weighted by Gasteiger charge is 2.26. The molecular formula is C19H32IN3OS2. The Hall–Kier alpha value is -0.280. The van der Waals surface area contributed by atoms with Crippen molar-refractivity contribution in [2.75, 3.05) is 19.3 Å². The zero-order valence-electron chi connectivity index (χ0n) is 15.9. The highest BCUT2D eigenvalue weighted by atomic mass is 127. The number of guanidine groups is 1. The first kappa shape index (κ1) is 23.8. The standard InChI is InChI=1S/C19H31N3OS2.HI/c1-4-25(23)18-12-8-9-16(13-18)22-19(20-3)21-14-15(2)24-17-10-6-5-7-11-17;/h5-7,10-11,15-16,18H,4,8-9,12-14H2,1-3H3,(H2,20,21,22);1H. The smallest absolute Gasteiger partial charge is 0.191 e. The van der Waals surface area contributed by atoms with Gasteiger partial charge in [0.25, 0.3) is 0 Å². The molecule has 1 aromatic carbocycles. The number of benzene rings is 1. The first-order chi connectivity index (χ1) is 12.1. The molecule has 1 aliphatic carbocycles. The molecule has 0 spiro atoms. The lowest BCUT2D eigenvalue weighted by atomic mass is 9.95. The van der Waals surface area contributed by atoms with Gasteiger partial charge in [0.05, 0.1) is 0 Å². The molecule has 4 unspecified atom stereocenters. The average Bonchev–Trinajstić information content (AvgIpc) is 2.65. The third-order valence-electron chi connectivity index (χ3n) is 4.48. The second kappa shape index (κ2) is 13.0. The minimum atomic E-state index is -0.688. The summed E-state index contributed by atoms with van der Waals surface area (Å²) in [6.45, 7) is 5.09. The summed E-state index contributed by atoms with van der Waals surface area (Å²) >= 11 is 1.86. The normalized spacial score (nSPS) is 22.8. The second-order valence-corrected chi connectivity index (χ2v) is 10.0. The van der Waals surface area contributed by atoms with Crippen molar-refractivity contribution in [2.24, 2.45) is 4.99 Å². The quantitative estimate of drug-likeness (QED) is 0.252. The summed E-state index contributed by atoms with van der Waals surface area (Å²) < 4.78 is 12.1. The molecule has 2 rings (SSSR count). The van der Waals surface area contributed by atoms with Gasteiger partial charge in [0, 0.05) is 51.6 Å². The Kier molecular flexibility index (Phi) is 11.9. The second-order valence-electron chi connectivity index (χ2n) is 6.49. The summed E-state index contributed by atoms with van der Waals surface area (Å²) in [6.07, 6.45) is 4.35. The Morgan fingerprint density at radius 2 is 2.08 bits per heavy atom. The van der Waals surface area contributed by atoms with Crippen molar-refractivity contribution < 1.29 is 4.21 Å². The fourth-order valence-corrected chi connectivity index (χ4v) is 5.45. The molecular weight excluding hydrogens is 477 g/mol. The number of hydrogen-bond acceptors (Lipinski definition) is 3. The van der Waals surface area contributed by atoms with Gasteiger partial charge < -0.3 is 10.6 Å². The van der Waals surface area contributed by atoms with E-state index >= 15 is 0 Å². The molecule has 1 aliphatic rings. The molecule has 0 radical (unpaired) electrons. The Labute approximate surface area is 182 Å². The molecule has 1 saturated carbocycles. The van der Waals surface area contributed by atoms with Gasteiger partial charge in [0.1, 0.15) is 0 Å². The number of aliphatic imine (C=N–C) groups is 1. The van der Waals surface area contributed by atoms with Crippen LogP contribution in [0.25, 0.3) is 0 Å². The maximum atomic E-state index is 12.1. The largest absolute Gasteiger partial charge is 0.355 e. The Morgan fingerprint density at radius 3 is 2.73 bits per heavy atom. The first-order valence-corrected chi connectivity index (χ1v) is 11.4. The fraction of sp³-hybridized carbons (Fsp3) is 0.632. The predicted molar refractivity (Wildman–Crippen MR) is 126 cm³/mol. The van der Waals surface area contributed by atoms with Crippen LogP contribution in [-0.4, -0.2) is 46.1 Å². The number of nitrogens with zero attached hydrogens (tertiary/aromatic N) is 1. The van der Waals surface area contributed by atoms with E-state index in [2.05, 4.69) is 46.8 Å². The first-order valence-electron chi connectivity index (χ1n) is 9.18. The Bertz CT molecular complexity index is 571. The SMILES string of the molecule is CCS(=O)C1CCCC(NC(=NC)NCC(C)Sc2ccccc2)C1.I. The molecule has 0 saturated heterocycles. The van der Waals surface area contributed by atoms with Crippen molar-refractivity contribution in [3.05, 3.63) is 30.3 Å². The summed E-state index contributed by atoms with van der Waals surface area (Å²) in [6, 6.07) is 10.8. The summed E-state index contributed by atoms with van der Waals surface area (Å²) in [5, 5.41) is 7.75. The molecule has 0 aliphatic heterocycles. The number of hydrogen-bond donors (Lipinski definition) is 2. The predicted octanol–water partition coefficient (Wildman–Crippen LogP) is 4.03. The number of halogens is 1. The minimum Gasteiger partial charge on any atom is -0.355 e. The van der Waals surface area contributed by atoms with Gasteiger partial charge in [-0.3, -0.25) is 9.20 Å². The highest BCUT2D eigenvalue weighted by molar-refractivity contribution is 14.0. The highest BCUT2D eigenvalue weighted by Crippen LogP contribution is 2.23. The van der Waals surface area contributed by atoms with Crippen LogP contribution in [0.3, 0.4) is 0 Å². The van der Waals surface area contributed by atoms with E-state index in [1.807, 2.05) is 31.8 Å². The molecule has 4 nitrogen and oxygen atoms in total. The molecule has 4 atom stereocenters. The van der Waals surface area contributed by atoms with E-state index in [0.717, 1.165) is 43.9 Å². The fourth-order valence-electron chi connectivity index (χ4n) is 3.15. The van der Waals surface area contributed by atoms with Gasteiger partial charge >= 0.3 is 0 Å². The van der Waals surface area contributed by atoms with E-state index in [1.165, 1.54) is 4.90 Å². The van der Waals surface area contributed by atoms with Crippen molar-refractivity contribution in [3.8, 4) is 0 Å². The van der Waals surface area contributed by atoms with Crippen LogP contribution in [0.5, 0.6) is 0 Å². The van der Waals surface area contributed by atoms with E-state index in [4.69, 9.17) is 0 Å². The third-order valence-corrected chi connectivity index (χ3v) is 7.34. The number of rotatable bonds is 7. The summed E-state index contributed by atoms with van der Waals surface area (Å²) in [5.41, 5.74) is 0. The molecule has 1 fully saturated rings. The van der Waals surface area contributed by atoms with Crippen molar-refractivity contribution in [3.63, 3.8) is 0 Å². The van der Waals surface area contributed by atoms with E-state index in [0.29, 0.717) is 16.5 Å². The van der Waals surface area contributed by atoms with Crippen molar-refractivity contribution in [2.45, 2.75) is 61.0 Å². The van der Waals surface area contributed by atoms with Crippen LogP contribution in [-0.2, 0) is 10.8 Å². The summed E-state index contributed by atoms with van der Waals surface area (Å²) in [7, 11) is 1.13. The van der Waals surface area contributed by atoms with Gasteiger partial charge in [0.2, 0.25) is 0 Å². The van der Waals surface area contributed by atoms with Crippen molar-refractivity contribution >= 4 is 52.5 Å². The van der Waals surface area contributed by atoms with Crippen LogP contribution < -0.4 is 10.6 Å². The average molecular weight is 510 g/mol. The lowest BCUT2D eigenvalue weighted by Gasteiger charge is -2.30. The van der Waals surface area contributed by atoms with Crippen molar-refractivity contribution in [1.29, 1.82) is 0 Å². The molecule has 0 aromatic heterocycles. The van der Waals surface area contributed by atoms with Gasteiger partial charge in [-0.05, 0) is 31.4 Å². The van der Waals surface area contributed by atoms with Crippen molar-refractivity contribution in [1.82, 2.24) is 10.6 Å². The molecule has 7 heteroatoms. The molecule has 26 heavy (non-hydrogen) atoms. The van der Waals surface area contributed by atoms with Gasteiger partial charge in [-0.2, -0.15) is 0 Å². The minimum absolute atomic E-state index is 0. The Balaban J connectivity index is 0.00000338. The maximum Gasteiger partial charge on any atom is 0.191 e. The van der Waals surface area contributed by atoms with Crippen LogP contribution in [0.4, 0.5) is 0 Å². The van der Waals surface area contributed by atoms with Crippen LogP contribution in [0, 0.1) is 0 Å². The number of thioether (sulfide) groups is 1.